The number of anilines is 1. The van der Waals surface area contributed by atoms with E-state index in [4.69, 9.17) is 20.7 Å². The van der Waals surface area contributed by atoms with Crippen molar-refractivity contribution in [2.75, 3.05) is 50.8 Å². The van der Waals surface area contributed by atoms with Gasteiger partial charge in [-0.3, -0.25) is 19.5 Å². The summed E-state index contributed by atoms with van der Waals surface area (Å²) in [5.41, 5.74) is 1.76. The second-order valence-corrected chi connectivity index (χ2v) is 23.2. The third-order valence-electron chi connectivity index (χ3n) is 17.6. The van der Waals surface area contributed by atoms with E-state index in [0.29, 0.717) is 53.1 Å². The van der Waals surface area contributed by atoms with Crippen molar-refractivity contribution in [1.82, 2.24) is 40.5 Å². The minimum Gasteiger partial charge on any atom is -0.508 e. The van der Waals surface area contributed by atoms with Crippen LogP contribution in [-0.2, 0) is 9.59 Å². The molecule has 2 bridgehead atoms. The van der Waals surface area contributed by atoms with E-state index in [9.17, 15) is 28.6 Å². The van der Waals surface area contributed by atoms with Gasteiger partial charge in [0.15, 0.2) is 5.82 Å². The summed E-state index contributed by atoms with van der Waals surface area (Å²) in [6.07, 6.45) is 12.3. The van der Waals surface area contributed by atoms with Gasteiger partial charge >= 0.3 is 6.01 Å². The molecule has 81 heavy (non-hydrogen) atoms. The molecule has 420 valence electrons. The normalized spacial score (nSPS) is 21.6. The highest BCUT2D eigenvalue weighted by Crippen LogP contribution is 2.57. The van der Waals surface area contributed by atoms with Crippen LogP contribution in [-0.4, -0.2) is 122 Å². The molecule has 4 N–H and O–H groups in total. The number of hydrogen-bond donors (Lipinski definition) is 4. The topological polar surface area (TPSA) is 182 Å². The number of halogens is 4. The fraction of sp³-hybridized carbons (Fsp3) is 0.419. The van der Waals surface area contributed by atoms with Crippen molar-refractivity contribution in [2.45, 2.75) is 108 Å². The lowest BCUT2D eigenvalue weighted by Crippen LogP contribution is -2.51. The van der Waals surface area contributed by atoms with Gasteiger partial charge in [0.05, 0.1) is 34.4 Å². The molecule has 4 saturated heterocycles. The SMILES string of the molecule is C#Cc1c(F)ccc2cc(O)cc(-c3ncc4c(N5CC6CCC(C5)N6)nc(OCCN5CCC6(CC5)CC(c5cc([C@H](C(=O)N7C[C@H](O)C[C@H]7C(=O)N[C@@H](C)c7ccc(-c8c(F)cccc8F)cc7)C(C)C)on5)C6)nc4c3F)c12. The molecular formula is C62H63F4N9O6. The highest BCUT2D eigenvalue weighted by atomic mass is 19.1. The Bertz CT molecular complexity index is 3580. The van der Waals surface area contributed by atoms with Crippen LogP contribution in [0.2, 0.25) is 0 Å². The quantitative estimate of drug-likeness (QED) is 0.0598. The Kier molecular flexibility index (Phi) is 14.4. The van der Waals surface area contributed by atoms with Crippen molar-refractivity contribution in [3.63, 3.8) is 0 Å². The Hall–Kier alpha value is -7.66. The van der Waals surface area contributed by atoms with Crippen molar-refractivity contribution in [3.05, 3.63) is 125 Å². The average Bonchev–Trinajstić information content (AvgIpc) is 4.24. The van der Waals surface area contributed by atoms with E-state index in [1.165, 1.54) is 53.6 Å². The summed E-state index contributed by atoms with van der Waals surface area (Å²) in [5.74, 6) is -1.16. The lowest BCUT2D eigenvalue weighted by Gasteiger charge is -2.51. The number of benzene rings is 4. The molecule has 7 heterocycles. The van der Waals surface area contributed by atoms with Crippen LogP contribution in [0.5, 0.6) is 11.8 Å². The predicted octanol–water partition coefficient (Wildman–Crippen LogP) is 9.30. The third-order valence-corrected chi connectivity index (χ3v) is 17.6. The maximum atomic E-state index is 17.1. The predicted molar refractivity (Wildman–Crippen MR) is 296 cm³/mol. The molecule has 7 aromatic rings. The molecule has 19 heteroatoms. The number of fused-ring (bicyclic) bond motifs is 4. The number of pyridine rings is 1. The van der Waals surface area contributed by atoms with Crippen LogP contribution < -0.4 is 20.3 Å². The molecule has 1 aliphatic carbocycles. The molecule has 1 saturated carbocycles. The van der Waals surface area contributed by atoms with Crippen LogP contribution in [0.15, 0.2) is 83.5 Å². The molecular weight excluding hydrogens is 1040 g/mol. The van der Waals surface area contributed by atoms with E-state index in [1.807, 2.05) is 19.9 Å². The summed E-state index contributed by atoms with van der Waals surface area (Å²) in [4.78, 5) is 48.3. The molecule has 5 aliphatic rings. The first-order valence-corrected chi connectivity index (χ1v) is 28.0. The van der Waals surface area contributed by atoms with Crippen molar-refractivity contribution < 1.29 is 46.6 Å². The molecule has 6 atom stereocenters. The van der Waals surface area contributed by atoms with Gasteiger partial charge < -0.3 is 39.9 Å². The number of carbonyl (C=O) groups excluding carboxylic acids is 2. The molecule has 3 aromatic heterocycles. The van der Waals surface area contributed by atoms with Crippen LogP contribution in [0.1, 0.15) is 106 Å². The zero-order valence-electron chi connectivity index (χ0n) is 45.3. The number of terminal acetylenes is 1. The lowest BCUT2D eigenvalue weighted by atomic mass is 9.57. The van der Waals surface area contributed by atoms with E-state index < -0.39 is 53.3 Å². The van der Waals surface area contributed by atoms with Gasteiger partial charge in [-0.2, -0.15) is 9.97 Å². The van der Waals surface area contributed by atoms with Gasteiger partial charge in [0.1, 0.15) is 64.6 Å². The zero-order valence-corrected chi connectivity index (χ0v) is 45.3. The van der Waals surface area contributed by atoms with E-state index in [2.05, 4.69) is 41.5 Å². The standard InChI is InChI=1S/C62H63F4N9O6/c1-5-43-46(63)16-13-37-23-41(76)24-44(53(37)43)56-55(66)57-45(29-67-56)58(74-30-39-14-15-40(31-74)69-39)71-61(70-57)80-22-21-73-19-17-62(18-20-73)27-38(28-62)49-26-51(81-72-49)52(33(2)3)60(79)75-32-42(77)25-50(75)59(78)68-34(4)35-9-11-36(12-10-35)54-47(64)7-6-8-48(54)65/h1,6-13,16,23-24,26,29,33-34,38-40,42,50,52,69,76-77H,14-15,17-22,25,27-28,30-32H2,2-4H3,(H,68,78)/t34-,39?,40?,42+,50-,52+/m0/s1. The van der Waals surface area contributed by atoms with Gasteiger partial charge in [0, 0.05) is 73.8 Å². The van der Waals surface area contributed by atoms with Crippen LogP contribution in [0.3, 0.4) is 0 Å². The number of piperazine rings is 1. The van der Waals surface area contributed by atoms with E-state index in [0.717, 1.165) is 57.3 Å². The van der Waals surface area contributed by atoms with Crippen LogP contribution in [0.4, 0.5) is 23.4 Å². The highest BCUT2D eigenvalue weighted by molar-refractivity contribution is 6.03. The maximum Gasteiger partial charge on any atom is 0.319 e. The summed E-state index contributed by atoms with van der Waals surface area (Å²) in [7, 11) is 0. The Balaban J connectivity index is 0.676. The first kappa shape index (κ1) is 54.0. The number of nitrogens with one attached hydrogen (secondary N) is 2. The first-order valence-electron chi connectivity index (χ1n) is 28.0. The summed E-state index contributed by atoms with van der Waals surface area (Å²) in [5, 5.41) is 33.7. The van der Waals surface area contributed by atoms with Gasteiger partial charge in [0.2, 0.25) is 11.8 Å². The summed E-state index contributed by atoms with van der Waals surface area (Å²) < 4.78 is 73.3. The summed E-state index contributed by atoms with van der Waals surface area (Å²) in [6.45, 7) is 9.48. The van der Waals surface area contributed by atoms with Crippen LogP contribution in [0.25, 0.3) is 44.1 Å². The minimum atomic E-state index is -0.929. The maximum absolute atomic E-state index is 17.1. The fourth-order valence-electron chi connectivity index (χ4n) is 13.3. The number of rotatable bonds is 14. The van der Waals surface area contributed by atoms with Crippen molar-refractivity contribution in [2.24, 2.45) is 11.3 Å². The second-order valence-electron chi connectivity index (χ2n) is 23.2. The number of phenols is 1. The number of piperidine rings is 1. The zero-order chi connectivity index (χ0) is 56.4. The van der Waals surface area contributed by atoms with E-state index in [-0.39, 0.29) is 99.9 Å². The number of ether oxygens (including phenoxy) is 1. The number of aliphatic hydroxyl groups excluding tert-OH is 1. The number of amides is 2. The fourth-order valence-corrected chi connectivity index (χ4v) is 13.3. The highest BCUT2D eigenvalue weighted by Gasteiger charge is 2.48. The Labute approximate surface area is 466 Å². The second kappa shape index (κ2) is 21.7. The number of phenolic OH excluding ortho intramolecular Hbond substituents is 1. The molecule has 2 unspecified atom stereocenters. The minimum absolute atomic E-state index is 0.0111. The lowest BCUT2D eigenvalue weighted by molar-refractivity contribution is -0.141. The van der Waals surface area contributed by atoms with Crippen molar-refractivity contribution >= 4 is 39.3 Å². The third kappa shape index (κ3) is 10.3. The Morgan fingerprint density at radius 1 is 0.938 bits per heavy atom. The molecule has 2 amide bonds. The molecule has 15 nitrogen and oxygen atoms in total. The smallest absolute Gasteiger partial charge is 0.319 e. The molecule has 4 aromatic carbocycles. The number of nitrogens with zero attached hydrogens (tertiary/aromatic N) is 7. The van der Waals surface area contributed by atoms with Crippen molar-refractivity contribution in [3.8, 4) is 46.5 Å². The molecule has 4 aliphatic heterocycles. The molecule has 0 radical (unpaired) electrons. The Morgan fingerprint density at radius 2 is 1.67 bits per heavy atom. The summed E-state index contributed by atoms with van der Waals surface area (Å²) in [6, 6.07) is 16.8. The van der Waals surface area contributed by atoms with Gasteiger partial charge in [-0.05, 0) is 117 Å². The number of aromatic nitrogens is 4. The number of likely N-dealkylation sites (tertiary alicyclic amines) is 2. The van der Waals surface area contributed by atoms with Gasteiger partial charge in [-0.25, -0.2) is 17.6 Å². The molecule has 12 rings (SSSR count). The van der Waals surface area contributed by atoms with Gasteiger partial charge in [-0.15, -0.1) is 6.42 Å². The molecule has 5 fully saturated rings. The number of aromatic hydroxyl groups is 1. The largest absolute Gasteiger partial charge is 0.508 e. The van der Waals surface area contributed by atoms with E-state index in [1.54, 1.807) is 31.2 Å². The Morgan fingerprint density at radius 3 is 2.37 bits per heavy atom. The average molecular weight is 1110 g/mol. The first-order chi connectivity index (χ1) is 39.0. The van der Waals surface area contributed by atoms with Gasteiger partial charge in [-0.1, -0.05) is 61.3 Å². The molecule has 1 spiro atoms. The summed E-state index contributed by atoms with van der Waals surface area (Å²) >= 11 is 0. The number of hydrogen-bond acceptors (Lipinski definition) is 13. The number of carbonyl (C=O) groups is 2. The monoisotopic (exact) mass is 1110 g/mol. The van der Waals surface area contributed by atoms with Crippen LogP contribution >= 0.6 is 0 Å². The van der Waals surface area contributed by atoms with E-state index >= 15 is 8.78 Å². The van der Waals surface area contributed by atoms with Crippen LogP contribution in [0, 0.1) is 46.9 Å². The van der Waals surface area contributed by atoms with Gasteiger partial charge in [0.25, 0.3) is 0 Å². The number of aliphatic hydroxyl groups is 1. The van der Waals surface area contributed by atoms with Crippen molar-refractivity contribution in [1.29, 1.82) is 0 Å². The number of β-amino-alcohol motifs (C(OH)–C–C–N with tert-alkyl or cyclic N) is 1.